The summed E-state index contributed by atoms with van der Waals surface area (Å²) < 4.78 is 0. The minimum Gasteiger partial charge on any atom is -0.321 e. The molecule has 2 aromatic carbocycles. The topological polar surface area (TPSA) is 29.1 Å². The number of anilines is 1. The summed E-state index contributed by atoms with van der Waals surface area (Å²) in [5.41, 5.74) is 4.96. The molecule has 2 heteroatoms. The fraction of sp³-hybridized carbons (Fsp3) is 0.167. The number of carbonyl (C=O) groups excluding carboxylic acids is 1. The van der Waals surface area contributed by atoms with Crippen LogP contribution in [0.1, 0.15) is 36.5 Å². The van der Waals surface area contributed by atoms with Gasteiger partial charge in [-0.05, 0) is 29.2 Å². The maximum absolute atomic E-state index is 12.0. The molecule has 0 atom stereocenters. The van der Waals surface area contributed by atoms with Gasteiger partial charge in [-0.25, -0.2) is 0 Å². The molecule has 0 aliphatic carbocycles. The molecule has 20 heavy (non-hydrogen) atoms. The third-order valence-corrected chi connectivity index (χ3v) is 3.62. The van der Waals surface area contributed by atoms with Crippen molar-refractivity contribution < 1.29 is 4.79 Å². The Morgan fingerprint density at radius 1 is 1.00 bits per heavy atom. The second kappa shape index (κ2) is 4.97. The molecule has 0 saturated carbocycles. The van der Waals surface area contributed by atoms with Crippen molar-refractivity contribution in [3.05, 3.63) is 65.2 Å². The van der Waals surface area contributed by atoms with Crippen LogP contribution in [0.15, 0.2) is 48.5 Å². The van der Waals surface area contributed by atoms with E-state index in [4.69, 9.17) is 0 Å². The Hall–Kier alpha value is -2.35. The number of para-hydroxylation sites is 1. The fourth-order valence-electron chi connectivity index (χ4n) is 2.43. The Kier molecular flexibility index (Phi) is 3.15. The highest BCUT2D eigenvalue weighted by atomic mass is 16.2. The van der Waals surface area contributed by atoms with Gasteiger partial charge in [0.05, 0.1) is 0 Å². The summed E-state index contributed by atoms with van der Waals surface area (Å²) in [6.45, 7) is 4.35. The average molecular weight is 263 g/mol. The standard InChI is InChI=1S/C18H17NO/c1-12(2)14-9-7-13(8-10-14)11-16-15-5-3-4-6-17(15)19-18(16)20/h3-12H,1-2H3,(H,19,20). The lowest BCUT2D eigenvalue weighted by atomic mass is 9.99. The number of amides is 1. The van der Waals surface area contributed by atoms with Crippen molar-refractivity contribution in [2.24, 2.45) is 0 Å². The Bertz CT molecular complexity index is 681. The quantitative estimate of drug-likeness (QED) is 0.804. The van der Waals surface area contributed by atoms with Gasteiger partial charge in [0.25, 0.3) is 5.91 Å². The van der Waals surface area contributed by atoms with Crippen LogP contribution in [0.3, 0.4) is 0 Å². The number of nitrogens with one attached hydrogen (secondary N) is 1. The lowest BCUT2D eigenvalue weighted by Gasteiger charge is -2.05. The number of benzene rings is 2. The van der Waals surface area contributed by atoms with Crippen LogP contribution in [-0.4, -0.2) is 5.91 Å². The molecule has 0 bridgehead atoms. The summed E-state index contributed by atoms with van der Waals surface area (Å²) in [7, 11) is 0. The predicted octanol–water partition coefficient (Wildman–Crippen LogP) is 4.30. The number of hydrogen-bond donors (Lipinski definition) is 1. The number of carbonyl (C=O) groups is 1. The van der Waals surface area contributed by atoms with E-state index in [1.807, 2.05) is 30.3 Å². The minimum atomic E-state index is -0.0286. The van der Waals surface area contributed by atoms with Gasteiger partial charge >= 0.3 is 0 Å². The Labute approximate surface area is 119 Å². The smallest absolute Gasteiger partial charge is 0.256 e. The van der Waals surface area contributed by atoms with Crippen LogP contribution in [-0.2, 0) is 4.79 Å². The molecule has 0 fully saturated rings. The van der Waals surface area contributed by atoms with E-state index in [0.717, 1.165) is 22.4 Å². The second-order valence-electron chi connectivity index (χ2n) is 5.38. The van der Waals surface area contributed by atoms with Crippen LogP contribution < -0.4 is 5.32 Å². The highest BCUT2D eigenvalue weighted by Crippen LogP contribution is 2.32. The summed E-state index contributed by atoms with van der Waals surface area (Å²) in [5, 5.41) is 2.89. The first kappa shape index (κ1) is 12.7. The lowest BCUT2D eigenvalue weighted by molar-refractivity contribution is -0.110. The molecule has 2 nitrogen and oxygen atoms in total. The molecule has 2 aromatic rings. The Morgan fingerprint density at radius 2 is 1.70 bits per heavy atom. The van der Waals surface area contributed by atoms with Crippen molar-refractivity contribution in [2.75, 3.05) is 5.32 Å². The van der Waals surface area contributed by atoms with Crippen LogP contribution in [0.4, 0.5) is 5.69 Å². The summed E-state index contributed by atoms with van der Waals surface area (Å²) in [6.07, 6.45) is 1.95. The van der Waals surface area contributed by atoms with E-state index in [9.17, 15) is 4.79 Å². The van der Waals surface area contributed by atoms with Gasteiger partial charge in [-0.2, -0.15) is 0 Å². The van der Waals surface area contributed by atoms with Crippen molar-refractivity contribution in [3.8, 4) is 0 Å². The molecule has 0 saturated heterocycles. The highest BCUT2D eigenvalue weighted by Gasteiger charge is 2.23. The van der Waals surface area contributed by atoms with Crippen molar-refractivity contribution in [2.45, 2.75) is 19.8 Å². The molecule has 3 rings (SSSR count). The largest absolute Gasteiger partial charge is 0.321 e. The van der Waals surface area contributed by atoms with Gasteiger partial charge in [-0.15, -0.1) is 0 Å². The van der Waals surface area contributed by atoms with Crippen LogP contribution in [0, 0.1) is 0 Å². The third kappa shape index (κ3) is 2.25. The predicted molar refractivity (Wildman–Crippen MR) is 83.5 cm³/mol. The second-order valence-corrected chi connectivity index (χ2v) is 5.38. The van der Waals surface area contributed by atoms with E-state index in [1.54, 1.807) is 0 Å². The maximum atomic E-state index is 12.0. The number of rotatable bonds is 2. The molecule has 1 amide bonds. The summed E-state index contributed by atoms with van der Waals surface area (Å²) in [4.78, 5) is 12.0. The zero-order valence-corrected chi connectivity index (χ0v) is 11.7. The molecule has 1 N–H and O–H groups in total. The maximum Gasteiger partial charge on any atom is 0.256 e. The Balaban J connectivity index is 1.98. The Morgan fingerprint density at radius 3 is 2.40 bits per heavy atom. The average Bonchev–Trinajstić information content (AvgIpc) is 2.76. The van der Waals surface area contributed by atoms with Gasteiger partial charge in [-0.1, -0.05) is 56.3 Å². The van der Waals surface area contributed by atoms with Gasteiger partial charge in [-0.3, -0.25) is 4.79 Å². The van der Waals surface area contributed by atoms with Gasteiger partial charge in [0, 0.05) is 16.8 Å². The SMILES string of the molecule is CC(C)c1ccc(C=C2C(=O)Nc3ccccc32)cc1. The monoisotopic (exact) mass is 263 g/mol. The number of hydrogen-bond acceptors (Lipinski definition) is 1. The van der Waals surface area contributed by atoms with Crippen molar-refractivity contribution in [3.63, 3.8) is 0 Å². The first-order valence-corrected chi connectivity index (χ1v) is 6.87. The van der Waals surface area contributed by atoms with E-state index >= 15 is 0 Å². The molecule has 100 valence electrons. The van der Waals surface area contributed by atoms with Gasteiger partial charge in [0.1, 0.15) is 0 Å². The van der Waals surface area contributed by atoms with E-state index in [2.05, 4.69) is 43.4 Å². The molecule has 1 heterocycles. The molecule has 0 unspecified atom stereocenters. The molecule has 0 aromatic heterocycles. The van der Waals surface area contributed by atoms with E-state index in [-0.39, 0.29) is 5.91 Å². The van der Waals surface area contributed by atoms with Gasteiger partial charge < -0.3 is 5.32 Å². The van der Waals surface area contributed by atoms with E-state index < -0.39 is 0 Å². The first-order chi connectivity index (χ1) is 9.65. The minimum absolute atomic E-state index is 0.0286. The summed E-state index contributed by atoms with van der Waals surface area (Å²) in [6, 6.07) is 16.2. The van der Waals surface area contributed by atoms with E-state index in [1.165, 1.54) is 5.56 Å². The van der Waals surface area contributed by atoms with Crippen molar-refractivity contribution in [1.29, 1.82) is 0 Å². The van der Waals surface area contributed by atoms with Gasteiger partial charge in [0.2, 0.25) is 0 Å². The third-order valence-electron chi connectivity index (χ3n) is 3.62. The molecule has 0 radical (unpaired) electrons. The highest BCUT2D eigenvalue weighted by molar-refractivity contribution is 6.34. The van der Waals surface area contributed by atoms with Crippen molar-refractivity contribution >= 4 is 23.2 Å². The molecule has 1 aliphatic rings. The molecular formula is C18H17NO. The van der Waals surface area contributed by atoms with E-state index in [0.29, 0.717) is 5.92 Å². The zero-order valence-electron chi connectivity index (χ0n) is 11.7. The van der Waals surface area contributed by atoms with Gasteiger partial charge in [0.15, 0.2) is 0 Å². The van der Waals surface area contributed by atoms with Crippen LogP contribution >= 0.6 is 0 Å². The molecule has 0 spiro atoms. The van der Waals surface area contributed by atoms with Crippen molar-refractivity contribution in [1.82, 2.24) is 0 Å². The summed E-state index contributed by atoms with van der Waals surface area (Å²) in [5.74, 6) is 0.492. The van der Waals surface area contributed by atoms with Crippen LogP contribution in [0.2, 0.25) is 0 Å². The zero-order chi connectivity index (χ0) is 14.1. The molecular weight excluding hydrogens is 246 g/mol. The van der Waals surface area contributed by atoms with Crippen LogP contribution in [0.25, 0.3) is 11.6 Å². The fourth-order valence-corrected chi connectivity index (χ4v) is 2.43. The summed E-state index contributed by atoms with van der Waals surface area (Å²) >= 11 is 0. The molecule has 1 aliphatic heterocycles. The lowest BCUT2D eigenvalue weighted by Crippen LogP contribution is -2.03. The number of fused-ring (bicyclic) bond motifs is 1. The first-order valence-electron chi connectivity index (χ1n) is 6.87. The normalized spacial score (nSPS) is 15.6. The van der Waals surface area contributed by atoms with Crippen LogP contribution in [0.5, 0.6) is 0 Å².